The van der Waals surface area contributed by atoms with Crippen LogP contribution in [-0.4, -0.2) is 40.5 Å². The van der Waals surface area contributed by atoms with Crippen molar-refractivity contribution in [2.45, 2.75) is 20.3 Å². The summed E-state index contributed by atoms with van der Waals surface area (Å²) in [7, 11) is 1.56. The molecule has 0 aliphatic rings. The third-order valence-electron chi connectivity index (χ3n) is 5.10. The number of rotatable bonds is 6. The Kier molecular flexibility index (Phi) is 6.64. The summed E-state index contributed by atoms with van der Waals surface area (Å²) in [5.74, 6) is 0.958. The highest BCUT2D eigenvalue weighted by molar-refractivity contribution is 6.09. The van der Waals surface area contributed by atoms with Gasteiger partial charge in [0.05, 0.1) is 7.11 Å². The topological polar surface area (TPSA) is 104 Å². The SMILES string of the molecule is COc1cccc(C(=O)NC(=NCCc2c[nH]c3ccccc23)Nc2nc(C)cc(C)n2)c1. The predicted molar refractivity (Wildman–Crippen MR) is 130 cm³/mol. The molecule has 0 radical (unpaired) electrons. The molecule has 0 saturated heterocycles. The third-order valence-corrected chi connectivity index (χ3v) is 5.10. The number of aryl methyl sites for hydroxylation is 2. The fourth-order valence-corrected chi connectivity index (χ4v) is 3.57. The number of aromatic amines is 1. The Balaban J connectivity index is 1.55. The normalized spacial score (nSPS) is 11.4. The number of guanidine groups is 1. The summed E-state index contributed by atoms with van der Waals surface area (Å²) in [5, 5.41) is 7.08. The van der Waals surface area contributed by atoms with Crippen molar-refractivity contribution in [2.24, 2.45) is 4.99 Å². The first kappa shape index (κ1) is 22.0. The van der Waals surface area contributed by atoms with E-state index in [2.05, 4.69) is 36.6 Å². The molecule has 0 aliphatic heterocycles. The average Bonchev–Trinajstić information content (AvgIpc) is 3.21. The molecule has 2 heterocycles. The van der Waals surface area contributed by atoms with Gasteiger partial charge in [0.25, 0.3) is 5.91 Å². The van der Waals surface area contributed by atoms with Gasteiger partial charge in [-0.2, -0.15) is 0 Å². The standard InChI is InChI=1S/C25H26N6O2/c1-16-13-17(2)29-25(28-16)31-24(30-23(32)18-7-6-8-20(14-18)33-3)26-12-11-19-15-27-22-10-5-4-9-21(19)22/h4-10,13-15,27H,11-12H2,1-3H3,(H2,26,28,29,30,31,32). The molecule has 4 rings (SSSR count). The largest absolute Gasteiger partial charge is 0.497 e. The van der Waals surface area contributed by atoms with Crippen molar-refractivity contribution in [3.8, 4) is 5.75 Å². The molecule has 0 unspecified atom stereocenters. The van der Waals surface area contributed by atoms with E-state index in [1.54, 1.807) is 31.4 Å². The fourth-order valence-electron chi connectivity index (χ4n) is 3.57. The van der Waals surface area contributed by atoms with Crippen LogP contribution in [0.4, 0.5) is 5.95 Å². The van der Waals surface area contributed by atoms with E-state index in [0.29, 0.717) is 30.2 Å². The Morgan fingerprint density at radius 2 is 1.85 bits per heavy atom. The van der Waals surface area contributed by atoms with Gasteiger partial charge in [0.15, 0.2) is 0 Å². The average molecular weight is 443 g/mol. The van der Waals surface area contributed by atoms with Gasteiger partial charge in [-0.15, -0.1) is 0 Å². The second-order valence-corrected chi connectivity index (χ2v) is 7.63. The Labute approximate surface area is 192 Å². The number of carbonyl (C=O) groups is 1. The molecular weight excluding hydrogens is 416 g/mol. The van der Waals surface area contributed by atoms with E-state index in [1.807, 2.05) is 44.3 Å². The molecule has 2 aromatic carbocycles. The number of benzene rings is 2. The number of para-hydroxylation sites is 1. The van der Waals surface area contributed by atoms with Gasteiger partial charge in [0.1, 0.15) is 5.75 Å². The number of hydrogen-bond acceptors (Lipinski definition) is 5. The number of anilines is 1. The maximum atomic E-state index is 12.9. The first-order chi connectivity index (χ1) is 16.0. The van der Waals surface area contributed by atoms with Crippen LogP contribution < -0.4 is 15.4 Å². The number of nitrogens with zero attached hydrogens (tertiary/aromatic N) is 3. The minimum atomic E-state index is -0.309. The van der Waals surface area contributed by atoms with Gasteiger partial charge in [-0.25, -0.2) is 9.97 Å². The van der Waals surface area contributed by atoms with Gasteiger partial charge in [0, 0.05) is 40.6 Å². The number of carbonyl (C=O) groups excluding carboxylic acids is 1. The molecule has 0 aliphatic carbocycles. The van der Waals surface area contributed by atoms with Crippen LogP contribution in [-0.2, 0) is 6.42 Å². The van der Waals surface area contributed by atoms with Crippen LogP contribution in [0.5, 0.6) is 5.75 Å². The minimum absolute atomic E-state index is 0.285. The molecule has 2 aromatic heterocycles. The summed E-state index contributed by atoms with van der Waals surface area (Å²) >= 11 is 0. The Morgan fingerprint density at radius 3 is 2.64 bits per heavy atom. The Morgan fingerprint density at radius 1 is 1.06 bits per heavy atom. The zero-order chi connectivity index (χ0) is 23.2. The highest BCUT2D eigenvalue weighted by Crippen LogP contribution is 2.18. The van der Waals surface area contributed by atoms with Crippen molar-refractivity contribution in [3.05, 3.63) is 83.3 Å². The molecule has 0 atom stereocenters. The molecule has 3 N–H and O–H groups in total. The molecule has 0 spiro atoms. The smallest absolute Gasteiger partial charge is 0.258 e. The third kappa shape index (κ3) is 5.54. The molecule has 8 heteroatoms. The van der Waals surface area contributed by atoms with Gasteiger partial charge in [-0.1, -0.05) is 24.3 Å². The Bertz CT molecular complexity index is 1290. The van der Waals surface area contributed by atoms with Crippen LogP contribution in [0.3, 0.4) is 0 Å². The fraction of sp³-hybridized carbons (Fsp3) is 0.200. The lowest BCUT2D eigenvalue weighted by Crippen LogP contribution is -2.37. The molecule has 1 amide bonds. The first-order valence-corrected chi connectivity index (χ1v) is 10.7. The van der Waals surface area contributed by atoms with Crippen molar-refractivity contribution >= 4 is 28.7 Å². The molecule has 0 fully saturated rings. The summed E-state index contributed by atoms with van der Waals surface area (Å²) < 4.78 is 5.22. The van der Waals surface area contributed by atoms with E-state index in [1.165, 1.54) is 5.39 Å². The van der Waals surface area contributed by atoms with Crippen molar-refractivity contribution in [3.63, 3.8) is 0 Å². The zero-order valence-corrected chi connectivity index (χ0v) is 18.8. The summed E-state index contributed by atoms with van der Waals surface area (Å²) in [6.07, 6.45) is 2.70. The van der Waals surface area contributed by atoms with Gasteiger partial charge < -0.3 is 9.72 Å². The van der Waals surface area contributed by atoms with Crippen LogP contribution in [0.2, 0.25) is 0 Å². The second kappa shape index (κ2) is 9.95. The van der Waals surface area contributed by atoms with E-state index in [0.717, 1.165) is 22.5 Å². The molecule has 0 bridgehead atoms. The summed E-state index contributed by atoms with van der Waals surface area (Å²) in [5.41, 5.74) is 4.35. The summed E-state index contributed by atoms with van der Waals surface area (Å²) in [4.78, 5) is 29.6. The number of aromatic nitrogens is 3. The molecule has 0 saturated carbocycles. The number of aliphatic imine (C=N–C) groups is 1. The van der Waals surface area contributed by atoms with Crippen LogP contribution >= 0.6 is 0 Å². The molecular formula is C25H26N6O2. The maximum Gasteiger partial charge on any atom is 0.258 e. The maximum absolute atomic E-state index is 12.9. The monoisotopic (exact) mass is 442 g/mol. The second-order valence-electron chi connectivity index (χ2n) is 7.63. The van der Waals surface area contributed by atoms with Crippen LogP contribution in [0.25, 0.3) is 10.9 Å². The van der Waals surface area contributed by atoms with Gasteiger partial charge in [0.2, 0.25) is 11.9 Å². The number of methoxy groups -OCH3 is 1. The van der Waals surface area contributed by atoms with Crippen LogP contribution in [0.1, 0.15) is 27.3 Å². The number of nitrogens with one attached hydrogen (secondary N) is 3. The number of ether oxygens (including phenoxy) is 1. The van der Waals surface area contributed by atoms with Gasteiger partial charge in [-0.3, -0.25) is 20.4 Å². The molecule has 4 aromatic rings. The highest BCUT2D eigenvalue weighted by atomic mass is 16.5. The number of fused-ring (bicyclic) bond motifs is 1. The van der Waals surface area contributed by atoms with Crippen molar-refractivity contribution in [2.75, 3.05) is 19.0 Å². The lowest BCUT2D eigenvalue weighted by molar-refractivity contribution is 0.0976. The Hall–Kier alpha value is -4.20. The van der Waals surface area contributed by atoms with E-state index in [-0.39, 0.29) is 11.9 Å². The van der Waals surface area contributed by atoms with E-state index < -0.39 is 0 Å². The van der Waals surface area contributed by atoms with Crippen LogP contribution in [0.15, 0.2) is 65.8 Å². The predicted octanol–water partition coefficient (Wildman–Crippen LogP) is 4.02. The quantitative estimate of drug-likeness (QED) is 0.309. The molecule has 168 valence electrons. The van der Waals surface area contributed by atoms with Crippen molar-refractivity contribution in [1.29, 1.82) is 0 Å². The summed E-state index contributed by atoms with van der Waals surface area (Å²) in [6.45, 7) is 4.25. The van der Waals surface area contributed by atoms with E-state index >= 15 is 0 Å². The van der Waals surface area contributed by atoms with Gasteiger partial charge in [-0.05, 0) is 56.2 Å². The summed E-state index contributed by atoms with van der Waals surface area (Å²) in [6, 6.07) is 17.0. The zero-order valence-electron chi connectivity index (χ0n) is 18.8. The minimum Gasteiger partial charge on any atom is -0.497 e. The van der Waals surface area contributed by atoms with E-state index in [4.69, 9.17) is 4.74 Å². The first-order valence-electron chi connectivity index (χ1n) is 10.7. The number of amides is 1. The lowest BCUT2D eigenvalue weighted by Gasteiger charge is -2.12. The number of hydrogen-bond donors (Lipinski definition) is 3. The van der Waals surface area contributed by atoms with Gasteiger partial charge >= 0.3 is 0 Å². The molecule has 8 nitrogen and oxygen atoms in total. The van der Waals surface area contributed by atoms with E-state index in [9.17, 15) is 4.79 Å². The van der Waals surface area contributed by atoms with Crippen molar-refractivity contribution < 1.29 is 9.53 Å². The van der Waals surface area contributed by atoms with Crippen LogP contribution in [0, 0.1) is 13.8 Å². The van der Waals surface area contributed by atoms with Crippen molar-refractivity contribution in [1.82, 2.24) is 20.3 Å². The molecule has 33 heavy (non-hydrogen) atoms. The lowest BCUT2D eigenvalue weighted by atomic mass is 10.1. The highest BCUT2D eigenvalue weighted by Gasteiger charge is 2.12. The number of H-pyrrole nitrogens is 1.